The van der Waals surface area contributed by atoms with Crippen molar-refractivity contribution in [3.05, 3.63) is 60.3 Å². The smallest absolute Gasteiger partial charge is 0.358 e. The summed E-state index contributed by atoms with van der Waals surface area (Å²) in [6.45, 7) is 1.57. The molecule has 1 amide bonds. The maximum absolute atomic E-state index is 11.6. The molecule has 1 aromatic heterocycles. The minimum absolute atomic E-state index is 0.153. The first-order valence-electron chi connectivity index (χ1n) is 7.80. The number of benzene rings is 2. The quantitative estimate of drug-likeness (QED) is 0.654. The van der Waals surface area contributed by atoms with E-state index in [0.717, 1.165) is 0 Å². The van der Waals surface area contributed by atoms with Gasteiger partial charge in [-0.05, 0) is 43.3 Å². The van der Waals surface area contributed by atoms with E-state index in [1.807, 2.05) is 18.2 Å². The maximum Gasteiger partial charge on any atom is 0.358 e. The number of alkyl halides is 1. The molecule has 0 fully saturated rings. The molecule has 0 radical (unpaired) electrons. The number of rotatable bonds is 5. The highest BCUT2D eigenvalue weighted by Gasteiger charge is 2.21. The monoisotopic (exact) mass is 370 g/mol. The van der Waals surface area contributed by atoms with Crippen LogP contribution in [-0.2, 0) is 4.79 Å². The van der Waals surface area contributed by atoms with E-state index in [1.165, 1.54) is 0 Å². The zero-order valence-electron chi connectivity index (χ0n) is 13.8. The topological polar surface area (TPSA) is 92.4 Å². The Morgan fingerprint density at radius 3 is 2.31 bits per heavy atom. The third-order valence-electron chi connectivity index (χ3n) is 3.63. The average molecular weight is 371 g/mol. The molecule has 2 N–H and O–H groups in total. The zero-order valence-corrected chi connectivity index (χ0v) is 14.5. The minimum Gasteiger partial charge on any atom is -0.476 e. The highest BCUT2D eigenvalue weighted by molar-refractivity contribution is 6.32. The van der Waals surface area contributed by atoms with Crippen LogP contribution in [0.25, 0.3) is 22.8 Å². The van der Waals surface area contributed by atoms with E-state index in [4.69, 9.17) is 16.0 Å². The summed E-state index contributed by atoms with van der Waals surface area (Å²) in [7, 11) is 0. The van der Waals surface area contributed by atoms with E-state index < -0.39 is 11.3 Å². The van der Waals surface area contributed by atoms with E-state index in [9.17, 15) is 14.7 Å². The molecule has 6 nitrogen and oxygen atoms in total. The lowest BCUT2D eigenvalue weighted by atomic mass is 10.1. The number of carbonyl (C=O) groups is 2. The Kier molecular flexibility index (Phi) is 5.04. The highest BCUT2D eigenvalue weighted by Crippen LogP contribution is 2.30. The van der Waals surface area contributed by atoms with Crippen molar-refractivity contribution in [3.8, 4) is 22.8 Å². The molecule has 0 aliphatic carbocycles. The fourth-order valence-electron chi connectivity index (χ4n) is 2.31. The number of oxazole rings is 1. The fraction of sp³-hybridized carbons (Fsp3) is 0.105. The maximum atomic E-state index is 11.6. The van der Waals surface area contributed by atoms with Gasteiger partial charge in [0.05, 0.1) is 0 Å². The number of halogens is 1. The Hall–Kier alpha value is -3.12. The van der Waals surface area contributed by atoms with Crippen molar-refractivity contribution >= 4 is 29.2 Å². The van der Waals surface area contributed by atoms with Crippen LogP contribution in [0.2, 0.25) is 0 Å². The van der Waals surface area contributed by atoms with Crippen LogP contribution in [-0.4, -0.2) is 27.3 Å². The number of nitrogens with one attached hydrogen (secondary N) is 1. The molecule has 1 heterocycles. The number of carbonyl (C=O) groups excluding carboxylic acids is 1. The third-order valence-corrected chi connectivity index (χ3v) is 3.82. The number of hydrogen-bond acceptors (Lipinski definition) is 4. The molecule has 0 aliphatic heterocycles. The fourth-order valence-corrected chi connectivity index (χ4v) is 2.37. The van der Waals surface area contributed by atoms with Gasteiger partial charge < -0.3 is 14.8 Å². The molecule has 3 aromatic rings. The lowest BCUT2D eigenvalue weighted by Gasteiger charge is -2.07. The number of aromatic carboxylic acids is 1. The second-order valence-electron chi connectivity index (χ2n) is 5.55. The number of carboxylic acid groups (broad SMARTS) is 1. The van der Waals surface area contributed by atoms with Crippen molar-refractivity contribution < 1.29 is 19.1 Å². The van der Waals surface area contributed by atoms with Crippen molar-refractivity contribution in [1.82, 2.24) is 4.98 Å². The average Bonchev–Trinajstić information content (AvgIpc) is 3.09. The molecular weight excluding hydrogens is 356 g/mol. The second-order valence-corrected chi connectivity index (χ2v) is 6.21. The number of carboxylic acids is 1. The predicted octanol–water partition coefficient (Wildman–Crippen LogP) is 4.27. The van der Waals surface area contributed by atoms with Crippen molar-refractivity contribution in [2.75, 3.05) is 5.32 Å². The van der Waals surface area contributed by atoms with Crippen LogP contribution in [0.1, 0.15) is 17.4 Å². The first-order chi connectivity index (χ1) is 12.5. The van der Waals surface area contributed by atoms with Crippen LogP contribution >= 0.6 is 11.6 Å². The molecule has 0 aliphatic rings. The second kappa shape index (κ2) is 7.41. The van der Waals surface area contributed by atoms with Gasteiger partial charge in [0.15, 0.2) is 11.5 Å². The van der Waals surface area contributed by atoms with Gasteiger partial charge in [0.1, 0.15) is 5.38 Å². The van der Waals surface area contributed by atoms with E-state index in [0.29, 0.717) is 16.8 Å². The van der Waals surface area contributed by atoms with Crippen molar-refractivity contribution in [1.29, 1.82) is 0 Å². The highest BCUT2D eigenvalue weighted by atomic mass is 35.5. The molecule has 132 valence electrons. The summed E-state index contributed by atoms with van der Waals surface area (Å²) in [6, 6.07) is 15.6. The molecule has 0 spiro atoms. The molecule has 2 aromatic carbocycles. The summed E-state index contributed by atoms with van der Waals surface area (Å²) in [5.74, 6) is -1.12. The molecule has 0 saturated carbocycles. The van der Waals surface area contributed by atoms with Crippen LogP contribution in [0.5, 0.6) is 0 Å². The summed E-state index contributed by atoms with van der Waals surface area (Å²) in [5, 5.41) is 11.4. The predicted molar refractivity (Wildman–Crippen MR) is 98.3 cm³/mol. The number of anilines is 1. The lowest BCUT2D eigenvalue weighted by Crippen LogP contribution is -2.20. The molecule has 1 unspecified atom stereocenters. The third kappa shape index (κ3) is 3.75. The van der Waals surface area contributed by atoms with Gasteiger partial charge in [-0.1, -0.05) is 18.2 Å². The minimum atomic E-state index is -1.18. The Morgan fingerprint density at radius 1 is 1.08 bits per heavy atom. The van der Waals surface area contributed by atoms with E-state index >= 15 is 0 Å². The lowest BCUT2D eigenvalue weighted by molar-refractivity contribution is -0.115. The number of amides is 1. The SMILES string of the molecule is CC(Cl)C(=O)Nc1ccc(-c2oc(-c3ccccc3)nc2C(=O)O)cc1. The van der Waals surface area contributed by atoms with Crippen LogP contribution in [0.3, 0.4) is 0 Å². The standard InChI is InChI=1S/C19H15ClN2O4/c1-11(20)17(23)21-14-9-7-12(8-10-14)16-15(19(24)25)22-18(26-16)13-5-3-2-4-6-13/h2-11H,1H3,(H,21,23)(H,24,25). The first kappa shape index (κ1) is 17.7. The summed E-state index contributed by atoms with van der Waals surface area (Å²) in [4.78, 5) is 27.3. The molecule has 26 heavy (non-hydrogen) atoms. The molecule has 3 rings (SSSR count). The molecule has 1 atom stereocenters. The molecule has 0 bridgehead atoms. The van der Waals surface area contributed by atoms with E-state index in [1.54, 1.807) is 43.3 Å². The van der Waals surface area contributed by atoms with Gasteiger partial charge in [-0.15, -0.1) is 11.6 Å². The van der Waals surface area contributed by atoms with E-state index in [2.05, 4.69) is 10.3 Å². The van der Waals surface area contributed by atoms with Crippen LogP contribution in [0.4, 0.5) is 5.69 Å². The molecule has 7 heteroatoms. The number of nitrogens with zero attached hydrogens (tertiary/aromatic N) is 1. The summed E-state index contributed by atoms with van der Waals surface area (Å²) in [5.41, 5.74) is 1.59. The Bertz CT molecular complexity index is 934. The van der Waals surface area contributed by atoms with Gasteiger partial charge in [0.25, 0.3) is 0 Å². The van der Waals surface area contributed by atoms with Gasteiger partial charge in [0, 0.05) is 16.8 Å². The van der Waals surface area contributed by atoms with Gasteiger partial charge in [0.2, 0.25) is 11.8 Å². The van der Waals surface area contributed by atoms with Gasteiger partial charge in [-0.3, -0.25) is 4.79 Å². The number of aromatic nitrogens is 1. The summed E-state index contributed by atoms with van der Waals surface area (Å²) in [6.07, 6.45) is 0. The molecular formula is C19H15ClN2O4. The van der Waals surface area contributed by atoms with Gasteiger partial charge in [-0.2, -0.15) is 0 Å². The van der Waals surface area contributed by atoms with Crippen molar-refractivity contribution in [2.24, 2.45) is 0 Å². The summed E-state index contributed by atoms with van der Waals surface area (Å²) >= 11 is 5.72. The van der Waals surface area contributed by atoms with Crippen LogP contribution < -0.4 is 5.32 Å². The largest absolute Gasteiger partial charge is 0.476 e. The Morgan fingerprint density at radius 2 is 1.73 bits per heavy atom. The van der Waals surface area contributed by atoms with Crippen LogP contribution in [0, 0.1) is 0 Å². The normalized spacial score (nSPS) is 11.8. The number of hydrogen-bond donors (Lipinski definition) is 2. The van der Waals surface area contributed by atoms with Crippen molar-refractivity contribution in [2.45, 2.75) is 12.3 Å². The Labute approximate surface area is 154 Å². The van der Waals surface area contributed by atoms with Crippen LogP contribution in [0.15, 0.2) is 59.0 Å². The van der Waals surface area contributed by atoms with Gasteiger partial charge >= 0.3 is 5.97 Å². The summed E-state index contributed by atoms with van der Waals surface area (Å²) < 4.78 is 5.71. The Balaban J connectivity index is 1.94. The van der Waals surface area contributed by atoms with E-state index in [-0.39, 0.29) is 23.3 Å². The molecule has 0 saturated heterocycles. The zero-order chi connectivity index (χ0) is 18.7. The van der Waals surface area contributed by atoms with Crippen molar-refractivity contribution in [3.63, 3.8) is 0 Å². The first-order valence-corrected chi connectivity index (χ1v) is 8.24. The van der Waals surface area contributed by atoms with Gasteiger partial charge in [-0.25, -0.2) is 9.78 Å².